The molecule has 1 heterocycles. The van der Waals surface area contributed by atoms with Gasteiger partial charge < -0.3 is 18.8 Å². The number of anilines is 1. The van der Waals surface area contributed by atoms with E-state index in [2.05, 4.69) is 5.32 Å². The van der Waals surface area contributed by atoms with Crippen LogP contribution in [0.4, 0.5) is 5.69 Å². The third-order valence-electron chi connectivity index (χ3n) is 3.78. The zero-order chi connectivity index (χ0) is 18.7. The summed E-state index contributed by atoms with van der Waals surface area (Å²) >= 11 is 0. The maximum absolute atomic E-state index is 12.4. The summed E-state index contributed by atoms with van der Waals surface area (Å²) in [6.07, 6.45) is 0. The molecule has 3 aromatic rings. The van der Waals surface area contributed by atoms with Crippen molar-refractivity contribution >= 4 is 35.5 Å². The molecule has 1 aromatic heterocycles. The number of fused-ring (bicyclic) bond motifs is 1. The van der Waals surface area contributed by atoms with E-state index in [4.69, 9.17) is 13.5 Å². The molecule has 0 bridgehead atoms. The molecule has 0 fully saturated rings. The molecule has 1 amide bonds. The van der Waals surface area contributed by atoms with Gasteiger partial charge in [0.25, 0.3) is 5.91 Å². The summed E-state index contributed by atoms with van der Waals surface area (Å²) < 4.78 is 27.6. The van der Waals surface area contributed by atoms with Gasteiger partial charge in [0.2, 0.25) is 0 Å². The first-order valence-electron chi connectivity index (χ1n) is 7.63. The fourth-order valence-electron chi connectivity index (χ4n) is 2.42. The molecule has 0 aliphatic rings. The fourth-order valence-corrected chi connectivity index (χ4v) is 3.51. The smallest absolute Gasteiger partial charge is 0.360 e. The average molecular weight is 373 g/mol. The normalized spacial score (nSPS) is 11.5. The summed E-state index contributed by atoms with van der Waals surface area (Å²) in [4.78, 5) is 24.4. The Morgan fingerprint density at radius 1 is 1.04 bits per heavy atom. The van der Waals surface area contributed by atoms with E-state index in [1.54, 1.807) is 36.4 Å². The van der Waals surface area contributed by atoms with Gasteiger partial charge in [-0.1, -0.05) is 12.1 Å². The minimum absolute atomic E-state index is 0.0998. The van der Waals surface area contributed by atoms with E-state index in [1.807, 2.05) is 0 Å². The molecule has 0 saturated carbocycles. The maximum Gasteiger partial charge on any atom is 0.360 e. The number of para-hydroxylation sites is 1. The lowest BCUT2D eigenvalue weighted by Crippen LogP contribution is -2.15. The summed E-state index contributed by atoms with van der Waals surface area (Å²) in [6.45, 7) is 0. The molecule has 0 atom stereocenters. The molecular weight excluding hydrogens is 357 g/mol. The van der Waals surface area contributed by atoms with Gasteiger partial charge in [-0.25, -0.2) is 0 Å². The van der Waals surface area contributed by atoms with Crippen LogP contribution in [0.25, 0.3) is 11.0 Å². The molecule has 0 radical (unpaired) electrons. The Labute approximate surface area is 149 Å². The number of carbonyl (C=O) groups is 1. The average Bonchev–Trinajstić information content (AvgIpc) is 2.68. The molecule has 0 spiro atoms. The monoisotopic (exact) mass is 373 g/mol. The van der Waals surface area contributed by atoms with Gasteiger partial charge in [-0.3, -0.25) is 14.2 Å². The summed E-state index contributed by atoms with van der Waals surface area (Å²) in [6, 6.07) is 14.0. The number of nitrogens with one attached hydrogen (secondary N) is 1. The summed E-state index contributed by atoms with van der Waals surface area (Å²) in [5.41, 5.74) is 0.475. The molecule has 0 aliphatic heterocycles. The van der Waals surface area contributed by atoms with Gasteiger partial charge in [0, 0.05) is 26.0 Å². The van der Waals surface area contributed by atoms with E-state index in [0.717, 1.165) is 6.07 Å². The lowest BCUT2D eigenvalue weighted by atomic mass is 10.2. The number of carbonyl (C=O) groups excluding carboxylic acids is 1. The van der Waals surface area contributed by atoms with Crippen LogP contribution in [0.3, 0.4) is 0 Å². The largest absolute Gasteiger partial charge is 0.451 e. The topological polar surface area (TPSA) is 94.8 Å². The number of hydrogen-bond donors (Lipinski definition) is 1. The highest BCUT2D eigenvalue weighted by Gasteiger charge is 2.24. The zero-order valence-electron chi connectivity index (χ0n) is 14.1. The van der Waals surface area contributed by atoms with Gasteiger partial charge >= 0.3 is 7.60 Å². The van der Waals surface area contributed by atoms with Crippen molar-refractivity contribution in [2.45, 2.75) is 0 Å². The second-order valence-corrected chi connectivity index (χ2v) is 7.58. The van der Waals surface area contributed by atoms with Crippen LogP contribution >= 0.6 is 7.60 Å². The van der Waals surface area contributed by atoms with Gasteiger partial charge in [0.05, 0.1) is 10.7 Å². The molecule has 0 unspecified atom stereocenters. The van der Waals surface area contributed by atoms with E-state index >= 15 is 0 Å². The molecular formula is C18H16NO6P. The van der Waals surface area contributed by atoms with Crippen LogP contribution in [-0.2, 0) is 13.6 Å². The summed E-state index contributed by atoms with van der Waals surface area (Å²) in [5.74, 6) is -0.667. The Balaban J connectivity index is 1.84. The second kappa shape index (κ2) is 7.25. The molecule has 0 saturated heterocycles. The quantitative estimate of drug-likeness (QED) is 0.691. The molecule has 26 heavy (non-hydrogen) atoms. The first-order chi connectivity index (χ1) is 12.5. The first-order valence-corrected chi connectivity index (χ1v) is 9.17. The predicted octanol–water partition coefficient (Wildman–Crippen LogP) is 3.16. The Morgan fingerprint density at radius 3 is 2.35 bits per heavy atom. The van der Waals surface area contributed by atoms with Gasteiger partial charge in [-0.2, -0.15) is 0 Å². The minimum atomic E-state index is -3.35. The molecule has 2 aromatic carbocycles. The van der Waals surface area contributed by atoms with Crippen LogP contribution in [0, 0.1) is 0 Å². The summed E-state index contributed by atoms with van der Waals surface area (Å²) in [7, 11) is -0.765. The molecule has 0 aliphatic carbocycles. The highest BCUT2D eigenvalue weighted by Crippen LogP contribution is 2.45. The third kappa shape index (κ3) is 3.46. The zero-order valence-corrected chi connectivity index (χ0v) is 15.0. The van der Waals surface area contributed by atoms with Gasteiger partial charge in [0.1, 0.15) is 5.58 Å². The van der Waals surface area contributed by atoms with Gasteiger partial charge in [-0.15, -0.1) is 0 Å². The molecule has 1 N–H and O–H groups in total. The van der Waals surface area contributed by atoms with E-state index in [0.29, 0.717) is 22.0 Å². The van der Waals surface area contributed by atoms with E-state index in [-0.39, 0.29) is 11.2 Å². The number of amides is 1. The van der Waals surface area contributed by atoms with Crippen LogP contribution in [0.15, 0.2) is 63.8 Å². The number of benzene rings is 2. The molecule has 7 nitrogen and oxygen atoms in total. The van der Waals surface area contributed by atoms with Crippen LogP contribution in [0.2, 0.25) is 0 Å². The highest BCUT2D eigenvalue weighted by molar-refractivity contribution is 7.62. The van der Waals surface area contributed by atoms with E-state index in [9.17, 15) is 14.2 Å². The standard InChI is InChI=1S/C18H16NO6P/c1-23-26(22,24-2)13-9-7-12(8-10-13)19-18(21)17-11-15(20)14-5-3-4-6-16(14)25-17/h3-11H,1-2H3,(H,19,21). The van der Waals surface area contributed by atoms with Crippen molar-refractivity contribution in [3.63, 3.8) is 0 Å². The predicted molar refractivity (Wildman–Crippen MR) is 98.1 cm³/mol. The van der Waals surface area contributed by atoms with E-state index in [1.165, 1.54) is 26.4 Å². The Morgan fingerprint density at radius 2 is 1.69 bits per heavy atom. The van der Waals surface area contributed by atoms with Crippen molar-refractivity contribution in [1.82, 2.24) is 0 Å². The van der Waals surface area contributed by atoms with Gasteiger partial charge in [0.15, 0.2) is 11.2 Å². The van der Waals surface area contributed by atoms with E-state index < -0.39 is 13.5 Å². The fraction of sp³-hybridized carbons (Fsp3) is 0.111. The summed E-state index contributed by atoms with van der Waals surface area (Å²) in [5, 5.41) is 3.39. The first kappa shape index (κ1) is 18.1. The molecule has 8 heteroatoms. The molecule has 3 rings (SSSR count). The lowest BCUT2D eigenvalue weighted by Gasteiger charge is -2.14. The highest BCUT2D eigenvalue weighted by atomic mass is 31.2. The Bertz CT molecular complexity index is 1050. The van der Waals surface area contributed by atoms with Gasteiger partial charge in [-0.05, 0) is 36.4 Å². The number of hydrogen-bond acceptors (Lipinski definition) is 6. The maximum atomic E-state index is 12.4. The lowest BCUT2D eigenvalue weighted by molar-refractivity contribution is 0.0997. The van der Waals surface area contributed by atoms with Crippen LogP contribution in [0.5, 0.6) is 0 Å². The Kier molecular flexibility index (Phi) is 5.04. The van der Waals surface area contributed by atoms with Crippen molar-refractivity contribution < 1.29 is 22.8 Å². The number of rotatable bonds is 5. The van der Waals surface area contributed by atoms with Crippen LogP contribution in [-0.4, -0.2) is 20.1 Å². The van der Waals surface area contributed by atoms with Crippen molar-refractivity contribution in [2.75, 3.05) is 19.5 Å². The Hall–Kier alpha value is -2.73. The van der Waals surface area contributed by atoms with Crippen molar-refractivity contribution in [3.05, 3.63) is 70.6 Å². The minimum Gasteiger partial charge on any atom is -0.451 e. The van der Waals surface area contributed by atoms with Crippen LogP contribution < -0.4 is 16.1 Å². The van der Waals surface area contributed by atoms with Crippen molar-refractivity contribution in [3.8, 4) is 0 Å². The SMILES string of the molecule is COP(=O)(OC)c1ccc(NC(=O)c2cc(=O)c3ccccc3o2)cc1. The van der Waals surface area contributed by atoms with Crippen molar-refractivity contribution in [1.29, 1.82) is 0 Å². The third-order valence-corrected chi connectivity index (χ3v) is 5.67. The second-order valence-electron chi connectivity index (χ2n) is 5.33. The van der Waals surface area contributed by atoms with Crippen LogP contribution in [0.1, 0.15) is 10.6 Å². The van der Waals surface area contributed by atoms with Crippen molar-refractivity contribution in [2.24, 2.45) is 0 Å². The molecule has 134 valence electrons.